The maximum absolute atomic E-state index is 12.7. The molecule has 1 aromatic rings. The number of ether oxygens (including phenoxy) is 2. The van der Waals surface area contributed by atoms with Crippen molar-refractivity contribution >= 4 is 11.8 Å². The molecule has 0 bridgehead atoms. The fraction of sp³-hybridized carbons (Fsp3) is 0.762. The standard InChI is InChI=1S/C21H33N3O5/c1-2-3-4-9-20(25)24(13-17-8-6-11-28-17)14-19-23-18(15-29-19)21(26)22-12-16-7-5-10-27-16/h15-17H,2-14H2,1H3,(H,22,26)/t16-,17+/m0/s1. The molecule has 2 fully saturated rings. The maximum atomic E-state index is 12.7. The third-order valence-corrected chi connectivity index (χ3v) is 5.42. The summed E-state index contributed by atoms with van der Waals surface area (Å²) in [7, 11) is 0. The molecule has 1 aromatic heterocycles. The number of hydrogen-bond donors (Lipinski definition) is 1. The molecule has 2 aliphatic heterocycles. The summed E-state index contributed by atoms with van der Waals surface area (Å²) in [6.07, 6.45) is 8.96. The molecule has 0 saturated carbocycles. The third kappa shape index (κ3) is 6.82. The van der Waals surface area contributed by atoms with Crippen LogP contribution >= 0.6 is 0 Å². The van der Waals surface area contributed by atoms with Crippen molar-refractivity contribution in [2.75, 3.05) is 26.3 Å². The van der Waals surface area contributed by atoms with E-state index in [0.29, 0.717) is 25.4 Å². The van der Waals surface area contributed by atoms with Crippen LogP contribution in [0.2, 0.25) is 0 Å². The highest BCUT2D eigenvalue weighted by Crippen LogP contribution is 2.17. The van der Waals surface area contributed by atoms with E-state index in [4.69, 9.17) is 13.9 Å². The van der Waals surface area contributed by atoms with Crippen LogP contribution in [0.4, 0.5) is 0 Å². The molecule has 2 atom stereocenters. The summed E-state index contributed by atoms with van der Waals surface area (Å²) in [6, 6.07) is 0. The number of carbonyl (C=O) groups is 2. The number of amides is 2. The summed E-state index contributed by atoms with van der Waals surface area (Å²) < 4.78 is 16.7. The van der Waals surface area contributed by atoms with E-state index in [1.165, 1.54) is 6.26 Å². The average Bonchev–Trinajstić information content (AvgIpc) is 3.48. The Morgan fingerprint density at radius 2 is 1.93 bits per heavy atom. The monoisotopic (exact) mass is 407 g/mol. The van der Waals surface area contributed by atoms with Gasteiger partial charge in [0.1, 0.15) is 6.26 Å². The van der Waals surface area contributed by atoms with Crippen LogP contribution in [0.5, 0.6) is 0 Å². The molecule has 29 heavy (non-hydrogen) atoms. The predicted molar refractivity (Wildman–Crippen MR) is 106 cm³/mol. The van der Waals surface area contributed by atoms with Gasteiger partial charge in [0.2, 0.25) is 11.8 Å². The lowest BCUT2D eigenvalue weighted by Gasteiger charge is -2.24. The number of carbonyl (C=O) groups excluding carboxylic acids is 2. The molecule has 1 N–H and O–H groups in total. The van der Waals surface area contributed by atoms with Crippen LogP contribution in [0, 0.1) is 0 Å². The van der Waals surface area contributed by atoms with Gasteiger partial charge < -0.3 is 24.1 Å². The van der Waals surface area contributed by atoms with E-state index in [2.05, 4.69) is 17.2 Å². The van der Waals surface area contributed by atoms with Gasteiger partial charge in [-0.25, -0.2) is 4.98 Å². The van der Waals surface area contributed by atoms with Crippen LogP contribution in [0.1, 0.15) is 74.7 Å². The first-order valence-corrected chi connectivity index (χ1v) is 10.9. The smallest absolute Gasteiger partial charge is 0.273 e. The van der Waals surface area contributed by atoms with Gasteiger partial charge in [0.25, 0.3) is 5.91 Å². The third-order valence-electron chi connectivity index (χ3n) is 5.42. The van der Waals surface area contributed by atoms with Crippen LogP contribution in [0.25, 0.3) is 0 Å². The first-order valence-electron chi connectivity index (χ1n) is 10.9. The SMILES string of the molecule is CCCCCC(=O)N(Cc1nc(C(=O)NC[C@@H]2CCCO2)co1)C[C@H]1CCCO1. The van der Waals surface area contributed by atoms with Gasteiger partial charge in [-0.15, -0.1) is 0 Å². The van der Waals surface area contributed by atoms with Gasteiger partial charge in [0.15, 0.2) is 5.69 Å². The molecule has 8 nitrogen and oxygen atoms in total. The van der Waals surface area contributed by atoms with Crippen molar-refractivity contribution < 1.29 is 23.5 Å². The van der Waals surface area contributed by atoms with E-state index in [9.17, 15) is 9.59 Å². The zero-order chi connectivity index (χ0) is 20.5. The van der Waals surface area contributed by atoms with E-state index >= 15 is 0 Å². The van der Waals surface area contributed by atoms with Crippen LogP contribution in [-0.2, 0) is 20.8 Å². The molecule has 162 valence electrons. The normalized spacial score (nSPS) is 21.4. The van der Waals surface area contributed by atoms with Crippen LogP contribution in [-0.4, -0.2) is 60.2 Å². The molecule has 0 unspecified atom stereocenters. The van der Waals surface area contributed by atoms with Gasteiger partial charge >= 0.3 is 0 Å². The average molecular weight is 408 g/mol. The fourth-order valence-corrected chi connectivity index (χ4v) is 3.73. The number of unbranched alkanes of at least 4 members (excludes halogenated alkanes) is 2. The highest BCUT2D eigenvalue weighted by Gasteiger charge is 2.25. The van der Waals surface area contributed by atoms with Crippen molar-refractivity contribution in [1.82, 2.24) is 15.2 Å². The predicted octanol–water partition coefficient (Wildman–Crippen LogP) is 2.67. The van der Waals surface area contributed by atoms with Crippen molar-refractivity contribution in [2.45, 2.75) is 77.0 Å². The van der Waals surface area contributed by atoms with Crippen LogP contribution in [0.3, 0.4) is 0 Å². The van der Waals surface area contributed by atoms with Crippen molar-refractivity contribution in [2.24, 2.45) is 0 Å². The number of nitrogens with zero attached hydrogens (tertiary/aromatic N) is 2. The van der Waals surface area contributed by atoms with Crippen molar-refractivity contribution in [3.05, 3.63) is 17.8 Å². The summed E-state index contributed by atoms with van der Waals surface area (Å²) in [5.41, 5.74) is 0.230. The Bertz CT molecular complexity index is 650. The maximum Gasteiger partial charge on any atom is 0.273 e. The summed E-state index contributed by atoms with van der Waals surface area (Å²) >= 11 is 0. The Labute approximate surface area is 172 Å². The van der Waals surface area contributed by atoms with Gasteiger partial charge in [-0.05, 0) is 32.1 Å². The number of oxazole rings is 1. The van der Waals surface area contributed by atoms with Crippen molar-refractivity contribution in [3.63, 3.8) is 0 Å². The Balaban J connectivity index is 1.54. The fourth-order valence-electron chi connectivity index (χ4n) is 3.73. The van der Waals surface area contributed by atoms with Gasteiger partial charge in [0, 0.05) is 32.7 Å². The van der Waals surface area contributed by atoms with Crippen molar-refractivity contribution in [1.29, 1.82) is 0 Å². The second kappa shape index (κ2) is 11.3. The zero-order valence-electron chi connectivity index (χ0n) is 17.4. The second-order valence-corrected chi connectivity index (χ2v) is 7.84. The largest absolute Gasteiger partial charge is 0.446 e. The van der Waals surface area contributed by atoms with Crippen LogP contribution < -0.4 is 5.32 Å². The highest BCUT2D eigenvalue weighted by molar-refractivity contribution is 5.91. The van der Waals surface area contributed by atoms with Crippen LogP contribution in [0.15, 0.2) is 10.7 Å². The van der Waals surface area contributed by atoms with E-state index in [0.717, 1.165) is 58.2 Å². The van der Waals surface area contributed by atoms with E-state index in [1.54, 1.807) is 4.90 Å². The molecule has 3 rings (SSSR count). The molecule has 2 amide bonds. The Morgan fingerprint density at radius 3 is 2.62 bits per heavy atom. The first kappa shape index (κ1) is 21.8. The molecular formula is C21H33N3O5. The Kier molecular flexibility index (Phi) is 8.49. The summed E-state index contributed by atoms with van der Waals surface area (Å²) in [5.74, 6) is 0.168. The molecular weight excluding hydrogens is 374 g/mol. The molecule has 3 heterocycles. The van der Waals surface area contributed by atoms with Crippen molar-refractivity contribution in [3.8, 4) is 0 Å². The molecule has 2 saturated heterocycles. The van der Waals surface area contributed by atoms with E-state index in [-0.39, 0.29) is 36.3 Å². The van der Waals surface area contributed by atoms with Gasteiger partial charge in [-0.2, -0.15) is 0 Å². The number of rotatable bonds is 11. The Hall–Kier alpha value is -1.93. The zero-order valence-corrected chi connectivity index (χ0v) is 17.4. The lowest BCUT2D eigenvalue weighted by molar-refractivity contribution is -0.133. The molecule has 0 aromatic carbocycles. The summed E-state index contributed by atoms with van der Waals surface area (Å²) in [4.78, 5) is 31.1. The lowest BCUT2D eigenvalue weighted by atomic mass is 10.1. The number of aromatic nitrogens is 1. The molecule has 2 aliphatic rings. The number of nitrogens with one attached hydrogen (secondary N) is 1. The topological polar surface area (TPSA) is 93.9 Å². The van der Waals surface area contributed by atoms with E-state index in [1.807, 2.05) is 0 Å². The Morgan fingerprint density at radius 1 is 1.17 bits per heavy atom. The van der Waals surface area contributed by atoms with Gasteiger partial charge in [-0.3, -0.25) is 9.59 Å². The van der Waals surface area contributed by atoms with Gasteiger partial charge in [0.05, 0.1) is 18.8 Å². The minimum atomic E-state index is -0.282. The van der Waals surface area contributed by atoms with Gasteiger partial charge in [-0.1, -0.05) is 19.8 Å². The molecule has 0 aliphatic carbocycles. The molecule has 0 spiro atoms. The minimum absolute atomic E-state index is 0.0641. The lowest BCUT2D eigenvalue weighted by Crippen LogP contribution is -2.37. The second-order valence-electron chi connectivity index (χ2n) is 7.84. The number of hydrogen-bond acceptors (Lipinski definition) is 6. The summed E-state index contributed by atoms with van der Waals surface area (Å²) in [6.45, 7) is 4.88. The molecule has 8 heteroatoms. The first-order chi connectivity index (χ1) is 14.2. The van der Waals surface area contributed by atoms with E-state index < -0.39 is 0 Å². The minimum Gasteiger partial charge on any atom is -0.446 e. The quantitative estimate of drug-likeness (QED) is 0.567. The molecule has 0 radical (unpaired) electrons. The summed E-state index contributed by atoms with van der Waals surface area (Å²) in [5, 5.41) is 2.84. The highest BCUT2D eigenvalue weighted by atomic mass is 16.5.